The van der Waals surface area contributed by atoms with Gasteiger partial charge in [-0.15, -0.1) is 0 Å². The average Bonchev–Trinajstić information content (AvgIpc) is 2.92. The van der Waals surface area contributed by atoms with Crippen LogP contribution in [0.5, 0.6) is 17.2 Å². The van der Waals surface area contributed by atoms with Gasteiger partial charge in [-0.3, -0.25) is 9.59 Å². The standard InChI is InChI=1S/C29H42ClN3O6/c1-8-20(33(5)11-12-36-6)10-9-17(2)25-16-38-27-23(30)14-21(19(4)26(27)39-25)28(34)31-15-22-24(37-7)13-18(3)32-29(22)35/h13-14,17,20,25H,8-12,15-16H2,1-7H3,(H,31,34)(H,32,35)/t17-,20+,25?/m0/s1. The Morgan fingerprint density at radius 3 is 2.67 bits per heavy atom. The van der Waals surface area contributed by atoms with Crippen molar-refractivity contribution in [3.8, 4) is 17.2 Å². The molecule has 0 radical (unpaired) electrons. The third kappa shape index (κ3) is 7.47. The summed E-state index contributed by atoms with van der Waals surface area (Å²) in [5, 5.41) is 3.12. The Bertz CT molecular complexity index is 1200. The van der Waals surface area contributed by atoms with Gasteiger partial charge >= 0.3 is 0 Å². The summed E-state index contributed by atoms with van der Waals surface area (Å²) in [7, 11) is 5.35. The maximum absolute atomic E-state index is 13.2. The van der Waals surface area contributed by atoms with Gasteiger partial charge in [-0.25, -0.2) is 0 Å². The van der Waals surface area contributed by atoms with E-state index in [1.807, 2.05) is 6.92 Å². The Labute approximate surface area is 236 Å². The molecule has 0 fully saturated rings. The van der Waals surface area contributed by atoms with E-state index in [1.54, 1.807) is 26.2 Å². The molecule has 0 bridgehead atoms. The number of benzene rings is 1. The summed E-state index contributed by atoms with van der Waals surface area (Å²) in [6, 6.07) is 3.76. The molecule has 1 unspecified atom stereocenters. The lowest BCUT2D eigenvalue weighted by Gasteiger charge is -2.34. The second kappa shape index (κ2) is 14.1. The second-order valence-electron chi connectivity index (χ2n) is 10.3. The van der Waals surface area contributed by atoms with Crippen LogP contribution in [-0.2, 0) is 11.3 Å². The molecule has 39 heavy (non-hydrogen) atoms. The van der Waals surface area contributed by atoms with Crippen LogP contribution in [0.15, 0.2) is 16.9 Å². The number of nitrogens with zero attached hydrogens (tertiary/aromatic N) is 1. The van der Waals surface area contributed by atoms with Crippen LogP contribution in [0, 0.1) is 19.8 Å². The van der Waals surface area contributed by atoms with E-state index in [2.05, 4.69) is 36.1 Å². The number of carbonyl (C=O) groups is 1. The number of aryl methyl sites for hydroxylation is 1. The summed E-state index contributed by atoms with van der Waals surface area (Å²) >= 11 is 6.52. The van der Waals surface area contributed by atoms with Crippen LogP contribution < -0.4 is 25.1 Å². The molecule has 0 aliphatic carbocycles. The van der Waals surface area contributed by atoms with Crippen LogP contribution in [0.25, 0.3) is 0 Å². The van der Waals surface area contributed by atoms with Crippen molar-refractivity contribution in [3.63, 3.8) is 0 Å². The Balaban J connectivity index is 1.71. The minimum Gasteiger partial charge on any atom is -0.496 e. The Hall–Kier alpha value is -2.75. The molecular formula is C29H42ClN3O6. The highest BCUT2D eigenvalue weighted by Crippen LogP contribution is 2.44. The fourth-order valence-corrected chi connectivity index (χ4v) is 5.19. The number of hydrogen-bond donors (Lipinski definition) is 2. The first-order valence-corrected chi connectivity index (χ1v) is 13.9. The third-order valence-corrected chi connectivity index (χ3v) is 7.83. The van der Waals surface area contributed by atoms with Crippen molar-refractivity contribution in [2.75, 3.05) is 41.0 Å². The van der Waals surface area contributed by atoms with Crippen molar-refractivity contribution >= 4 is 17.5 Å². The number of nitrogens with one attached hydrogen (secondary N) is 2. The highest BCUT2D eigenvalue weighted by molar-refractivity contribution is 6.32. The van der Waals surface area contributed by atoms with Crippen molar-refractivity contribution < 1.29 is 23.7 Å². The smallest absolute Gasteiger partial charge is 0.256 e. The van der Waals surface area contributed by atoms with Gasteiger partial charge in [-0.05, 0) is 58.2 Å². The van der Waals surface area contributed by atoms with Crippen molar-refractivity contribution in [2.24, 2.45) is 5.92 Å². The fraction of sp³-hybridized carbons (Fsp3) is 0.586. The predicted molar refractivity (Wildman–Crippen MR) is 153 cm³/mol. The minimum atomic E-state index is -0.372. The number of pyridine rings is 1. The van der Waals surface area contributed by atoms with Gasteiger partial charge in [0.05, 0.1) is 30.8 Å². The third-order valence-electron chi connectivity index (χ3n) is 7.55. The first kappa shape index (κ1) is 30.8. The monoisotopic (exact) mass is 563 g/mol. The number of aromatic nitrogens is 1. The normalized spacial score (nSPS) is 16.2. The van der Waals surface area contributed by atoms with Crippen LogP contribution >= 0.6 is 11.6 Å². The van der Waals surface area contributed by atoms with E-state index < -0.39 is 0 Å². The summed E-state index contributed by atoms with van der Waals surface area (Å²) in [5.74, 6) is 1.23. The topological polar surface area (TPSA) is 102 Å². The zero-order chi connectivity index (χ0) is 28.7. The predicted octanol–water partition coefficient (Wildman–Crippen LogP) is 4.50. The lowest BCUT2D eigenvalue weighted by atomic mass is 9.94. The zero-order valence-electron chi connectivity index (χ0n) is 24.1. The first-order valence-electron chi connectivity index (χ1n) is 13.5. The van der Waals surface area contributed by atoms with Gasteiger partial charge in [-0.1, -0.05) is 25.4 Å². The van der Waals surface area contributed by atoms with Crippen molar-refractivity contribution in [2.45, 2.75) is 65.6 Å². The molecule has 0 saturated heterocycles. The molecule has 2 aromatic rings. The number of hydrogen-bond acceptors (Lipinski definition) is 7. The van der Waals surface area contributed by atoms with Crippen LogP contribution in [0.3, 0.4) is 0 Å². The molecule has 10 heteroatoms. The Kier molecular flexibility index (Phi) is 11.1. The molecule has 1 aromatic carbocycles. The van der Waals surface area contributed by atoms with Gasteiger partial charge in [0.15, 0.2) is 11.5 Å². The molecule has 9 nitrogen and oxygen atoms in total. The molecule has 2 N–H and O–H groups in total. The average molecular weight is 564 g/mol. The molecule has 216 valence electrons. The number of H-pyrrole nitrogens is 1. The van der Waals surface area contributed by atoms with E-state index in [-0.39, 0.29) is 30.0 Å². The van der Waals surface area contributed by atoms with Gasteiger partial charge in [0, 0.05) is 36.5 Å². The largest absolute Gasteiger partial charge is 0.496 e. The van der Waals surface area contributed by atoms with Crippen molar-refractivity contribution in [3.05, 3.63) is 49.9 Å². The quantitative estimate of drug-likeness (QED) is 0.370. The number of rotatable bonds is 13. The summed E-state index contributed by atoms with van der Waals surface area (Å²) < 4.78 is 23.0. The first-order chi connectivity index (χ1) is 18.6. The highest BCUT2D eigenvalue weighted by atomic mass is 35.5. The molecular weight excluding hydrogens is 522 g/mol. The van der Waals surface area contributed by atoms with Gasteiger partial charge < -0.3 is 34.1 Å². The molecule has 1 aromatic heterocycles. The van der Waals surface area contributed by atoms with Crippen LogP contribution in [-0.4, -0.2) is 69.0 Å². The summed E-state index contributed by atoms with van der Waals surface area (Å²) in [4.78, 5) is 30.7. The maximum atomic E-state index is 13.2. The maximum Gasteiger partial charge on any atom is 0.256 e. The second-order valence-corrected chi connectivity index (χ2v) is 10.7. The molecule has 1 aliphatic heterocycles. The van der Waals surface area contributed by atoms with E-state index in [0.717, 1.165) is 25.8 Å². The highest BCUT2D eigenvalue weighted by Gasteiger charge is 2.31. The van der Waals surface area contributed by atoms with E-state index in [1.165, 1.54) is 7.11 Å². The van der Waals surface area contributed by atoms with Gasteiger partial charge in [-0.2, -0.15) is 0 Å². The molecule has 0 saturated carbocycles. The number of amides is 1. The van der Waals surface area contributed by atoms with Crippen molar-refractivity contribution in [1.29, 1.82) is 0 Å². The van der Waals surface area contributed by atoms with Gasteiger partial charge in [0.2, 0.25) is 0 Å². The van der Waals surface area contributed by atoms with E-state index in [0.29, 0.717) is 63.9 Å². The SMILES string of the molecule is CC[C@H](CC[C@H](C)C1COc2c(Cl)cc(C(=O)NCc3c(OC)cc(C)[nH]c3=O)c(C)c2O1)N(C)CCOC. The number of ether oxygens (including phenoxy) is 4. The van der Waals surface area contributed by atoms with Crippen LogP contribution in [0.2, 0.25) is 5.02 Å². The summed E-state index contributed by atoms with van der Waals surface area (Å²) in [6.07, 6.45) is 2.90. The number of aromatic amines is 1. The number of halogens is 1. The van der Waals surface area contributed by atoms with Crippen LogP contribution in [0.1, 0.15) is 60.3 Å². The fourth-order valence-electron chi connectivity index (χ4n) is 4.94. The summed E-state index contributed by atoms with van der Waals surface area (Å²) in [5.41, 5.74) is 1.71. The number of fused-ring (bicyclic) bond motifs is 1. The molecule has 3 atom stereocenters. The number of methoxy groups -OCH3 is 2. The van der Waals surface area contributed by atoms with E-state index in [4.69, 9.17) is 30.5 Å². The molecule has 1 aliphatic rings. The van der Waals surface area contributed by atoms with E-state index >= 15 is 0 Å². The Morgan fingerprint density at radius 2 is 2.00 bits per heavy atom. The lowest BCUT2D eigenvalue weighted by molar-refractivity contribution is 0.0453. The molecule has 3 rings (SSSR count). The van der Waals surface area contributed by atoms with Crippen molar-refractivity contribution in [1.82, 2.24) is 15.2 Å². The molecule has 0 spiro atoms. The minimum absolute atomic E-state index is 0.000201. The number of likely N-dealkylation sites (N-methyl/N-ethyl adjacent to an activating group) is 1. The van der Waals surface area contributed by atoms with Gasteiger partial charge in [0.1, 0.15) is 18.5 Å². The molecule has 1 amide bonds. The Morgan fingerprint density at radius 1 is 1.26 bits per heavy atom. The molecule has 2 heterocycles. The van der Waals surface area contributed by atoms with E-state index in [9.17, 15) is 9.59 Å². The number of carbonyl (C=O) groups excluding carboxylic acids is 1. The zero-order valence-corrected chi connectivity index (χ0v) is 24.9. The lowest BCUT2D eigenvalue weighted by Crippen LogP contribution is -2.38. The van der Waals surface area contributed by atoms with Crippen LogP contribution in [0.4, 0.5) is 0 Å². The summed E-state index contributed by atoms with van der Waals surface area (Å²) in [6.45, 7) is 9.96. The van der Waals surface area contributed by atoms with Gasteiger partial charge in [0.25, 0.3) is 11.5 Å².